The van der Waals surface area contributed by atoms with Crippen molar-refractivity contribution in [2.45, 2.75) is 38.2 Å². The van der Waals surface area contributed by atoms with E-state index in [2.05, 4.69) is 20.8 Å². The van der Waals surface area contributed by atoms with Gasteiger partial charge in [0.15, 0.2) is 11.4 Å². The van der Waals surface area contributed by atoms with Crippen molar-refractivity contribution in [2.24, 2.45) is 0 Å². The van der Waals surface area contributed by atoms with Crippen molar-refractivity contribution in [3.05, 3.63) is 94.5 Å². The first kappa shape index (κ1) is 24.0. The first-order chi connectivity index (χ1) is 16.1. The maximum atomic E-state index is 13.4. The molecule has 1 amide bonds. The van der Waals surface area contributed by atoms with Gasteiger partial charge >= 0.3 is 0 Å². The highest BCUT2D eigenvalue weighted by molar-refractivity contribution is 6.30. The fraction of sp³-hybridized carbons (Fsp3) is 0.286. The van der Waals surface area contributed by atoms with Gasteiger partial charge < -0.3 is 14.7 Å². The number of halogens is 1. The molecule has 0 radical (unpaired) electrons. The largest absolute Gasteiger partial charge is 0.492 e. The molecule has 4 rings (SSSR count). The second kappa shape index (κ2) is 9.24. The van der Waals surface area contributed by atoms with Crippen molar-refractivity contribution in [2.75, 3.05) is 18.1 Å². The lowest BCUT2D eigenvalue weighted by Gasteiger charge is -2.23. The van der Waals surface area contributed by atoms with Gasteiger partial charge in [0.1, 0.15) is 12.4 Å². The monoisotopic (exact) mass is 477 g/mol. The molecule has 0 spiro atoms. The Bertz CT molecular complexity index is 1200. The number of ether oxygens (including phenoxy) is 1. The number of carbonyl (C=O) groups is 2. The second-order valence-corrected chi connectivity index (χ2v) is 10.0. The predicted molar refractivity (Wildman–Crippen MR) is 134 cm³/mol. The molecule has 0 bridgehead atoms. The summed E-state index contributed by atoms with van der Waals surface area (Å²) in [4.78, 5) is 28.0. The van der Waals surface area contributed by atoms with E-state index in [9.17, 15) is 14.7 Å². The molecule has 0 saturated heterocycles. The van der Waals surface area contributed by atoms with Crippen molar-refractivity contribution in [3.63, 3.8) is 0 Å². The maximum Gasteiger partial charge on any atom is 0.264 e. The second-order valence-electron chi connectivity index (χ2n) is 9.56. The summed E-state index contributed by atoms with van der Waals surface area (Å²) in [6.45, 7) is 6.76. The Labute approximate surface area is 204 Å². The molecule has 3 aromatic carbocycles. The molecule has 1 aliphatic heterocycles. The highest BCUT2D eigenvalue weighted by Crippen LogP contribution is 2.42. The van der Waals surface area contributed by atoms with Gasteiger partial charge in [-0.2, -0.15) is 0 Å². The summed E-state index contributed by atoms with van der Waals surface area (Å²) in [6, 6.07) is 21.3. The summed E-state index contributed by atoms with van der Waals surface area (Å²) >= 11 is 5.91. The van der Waals surface area contributed by atoms with Crippen molar-refractivity contribution < 1.29 is 19.4 Å². The summed E-state index contributed by atoms with van der Waals surface area (Å²) in [5.74, 6) is -0.174. The van der Waals surface area contributed by atoms with Crippen LogP contribution in [0.4, 0.5) is 5.69 Å². The minimum absolute atomic E-state index is 0.0330. The molecule has 1 atom stereocenters. The Morgan fingerprint density at radius 1 is 1.00 bits per heavy atom. The van der Waals surface area contributed by atoms with Crippen LogP contribution in [-0.4, -0.2) is 29.9 Å². The number of aliphatic hydroxyl groups is 1. The van der Waals surface area contributed by atoms with Gasteiger partial charge in [-0.1, -0.05) is 74.8 Å². The van der Waals surface area contributed by atoms with Crippen LogP contribution >= 0.6 is 11.6 Å². The molecule has 34 heavy (non-hydrogen) atoms. The Morgan fingerprint density at radius 2 is 1.65 bits per heavy atom. The normalized spacial score (nSPS) is 17.6. The van der Waals surface area contributed by atoms with E-state index in [0.29, 0.717) is 27.6 Å². The fourth-order valence-corrected chi connectivity index (χ4v) is 4.30. The Kier molecular flexibility index (Phi) is 6.52. The van der Waals surface area contributed by atoms with Crippen LogP contribution in [0, 0.1) is 0 Å². The van der Waals surface area contributed by atoms with Gasteiger partial charge in [-0.25, -0.2) is 0 Å². The molecular formula is C28H28ClNO4. The molecular weight excluding hydrogens is 450 g/mol. The summed E-state index contributed by atoms with van der Waals surface area (Å²) in [6.07, 6.45) is -0.327. The Hall–Kier alpha value is -3.15. The zero-order valence-corrected chi connectivity index (χ0v) is 20.3. The van der Waals surface area contributed by atoms with E-state index < -0.39 is 11.5 Å². The molecule has 3 aromatic rings. The van der Waals surface area contributed by atoms with E-state index in [1.165, 1.54) is 4.90 Å². The lowest BCUT2D eigenvalue weighted by molar-refractivity contribution is -0.135. The minimum atomic E-state index is -1.92. The van der Waals surface area contributed by atoms with E-state index in [0.717, 1.165) is 5.56 Å². The number of hydrogen-bond donors (Lipinski definition) is 1. The van der Waals surface area contributed by atoms with E-state index >= 15 is 0 Å². The van der Waals surface area contributed by atoms with Crippen LogP contribution in [0.3, 0.4) is 0 Å². The summed E-state index contributed by atoms with van der Waals surface area (Å²) < 4.78 is 5.74. The van der Waals surface area contributed by atoms with Crippen LogP contribution in [0.25, 0.3) is 0 Å². The molecule has 1 unspecified atom stereocenters. The van der Waals surface area contributed by atoms with Gasteiger partial charge in [0.05, 0.1) is 18.7 Å². The number of ketones is 1. The molecule has 176 valence electrons. The minimum Gasteiger partial charge on any atom is -0.492 e. The maximum absolute atomic E-state index is 13.4. The number of anilines is 1. The molecule has 0 aromatic heterocycles. The third-order valence-corrected chi connectivity index (χ3v) is 6.38. The van der Waals surface area contributed by atoms with Crippen molar-refractivity contribution in [3.8, 4) is 5.75 Å². The number of rotatable bonds is 7. The number of fused-ring (bicyclic) bond motifs is 1. The van der Waals surface area contributed by atoms with Crippen LogP contribution in [0.2, 0.25) is 5.02 Å². The van der Waals surface area contributed by atoms with Crippen LogP contribution in [-0.2, 0) is 15.8 Å². The van der Waals surface area contributed by atoms with E-state index in [1.54, 1.807) is 60.7 Å². The van der Waals surface area contributed by atoms with Crippen molar-refractivity contribution in [1.29, 1.82) is 0 Å². The molecule has 1 heterocycles. The molecule has 0 saturated carbocycles. The molecule has 6 heteroatoms. The summed E-state index contributed by atoms with van der Waals surface area (Å²) in [5.41, 5.74) is 0.649. The molecule has 1 aliphatic rings. The van der Waals surface area contributed by atoms with Crippen molar-refractivity contribution >= 4 is 29.0 Å². The Balaban J connectivity index is 1.51. The van der Waals surface area contributed by atoms with Crippen LogP contribution in [0.5, 0.6) is 5.75 Å². The number of carbonyl (C=O) groups excluding carboxylic acids is 2. The quantitative estimate of drug-likeness (QED) is 0.455. The number of nitrogens with zero attached hydrogens (tertiary/aromatic N) is 1. The zero-order valence-electron chi connectivity index (χ0n) is 19.5. The first-order valence-corrected chi connectivity index (χ1v) is 11.6. The Morgan fingerprint density at radius 3 is 2.29 bits per heavy atom. The van der Waals surface area contributed by atoms with Crippen LogP contribution in [0.1, 0.15) is 48.7 Å². The summed E-state index contributed by atoms with van der Waals surface area (Å²) in [5, 5.41) is 12.1. The fourth-order valence-electron chi connectivity index (χ4n) is 4.18. The van der Waals surface area contributed by atoms with Crippen LogP contribution < -0.4 is 9.64 Å². The highest BCUT2D eigenvalue weighted by atomic mass is 35.5. The SMILES string of the molecule is CC(C)(C)c1ccc(C(=O)CC2(O)C(=O)N(CCOc3ccc(Cl)cc3)c3ccccc32)cc1. The average Bonchev–Trinajstić information content (AvgIpc) is 3.02. The highest BCUT2D eigenvalue weighted by Gasteiger charge is 2.50. The van der Waals surface area contributed by atoms with Crippen LogP contribution in [0.15, 0.2) is 72.8 Å². The summed E-state index contributed by atoms with van der Waals surface area (Å²) in [7, 11) is 0. The average molecular weight is 478 g/mol. The lowest BCUT2D eigenvalue weighted by Crippen LogP contribution is -2.43. The molecule has 5 nitrogen and oxygen atoms in total. The van der Waals surface area contributed by atoms with Gasteiger partial charge in [0.25, 0.3) is 5.91 Å². The number of amides is 1. The number of para-hydroxylation sites is 1. The van der Waals surface area contributed by atoms with Gasteiger partial charge in [-0.3, -0.25) is 9.59 Å². The molecule has 0 aliphatic carbocycles. The molecule has 1 N–H and O–H groups in total. The third-order valence-electron chi connectivity index (χ3n) is 6.13. The standard InChI is InChI=1S/C28H28ClNO4/c1-27(2,3)20-10-8-19(9-11-20)25(31)18-28(33)23-6-4-5-7-24(23)30(26(28)32)16-17-34-22-14-12-21(29)13-15-22/h4-15,33H,16-18H2,1-3H3. The first-order valence-electron chi connectivity index (χ1n) is 11.3. The van der Waals surface area contributed by atoms with E-state index in [-0.39, 0.29) is 30.8 Å². The third kappa shape index (κ3) is 4.72. The number of benzene rings is 3. The number of hydrogen-bond acceptors (Lipinski definition) is 4. The van der Waals surface area contributed by atoms with Gasteiger partial charge in [0.2, 0.25) is 0 Å². The van der Waals surface area contributed by atoms with Gasteiger partial charge in [-0.05, 0) is 41.3 Å². The number of Topliss-reactive ketones (excluding diaryl/α,β-unsaturated/α-hetero) is 1. The zero-order chi connectivity index (χ0) is 24.5. The smallest absolute Gasteiger partial charge is 0.264 e. The topological polar surface area (TPSA) is 66.8 Å². The van der Waals surface area contributed by atoms with Crippen molar-refractivity contribution in [1.82, 2.24) is 0 Å². The molecule has 0 fully saturated rings. The predicted octanol–water partition coefficient (Wildman–Crippen LogP) is 5.52. The van der Waals surface area contributed by atoms with E-state index in [1.807, 2.05) is 12.1 Å². The van der Waals surface area contributed by atoms with E-state index in [4.69, 9.17) is 16.3 Å². The lowest BCUT2D eigenvalue weighted by atomic mass is 9.85. The van der Waals surface area contributed by atoms with Gasteiger partial charge in [0, 0.05) is 16.1 Å². The van der Waals surface area contributed by atoms with Gasteiger partial charge in [-0.15, -0.1) is 0 Å².